The molecule has 0 unspecified atom stereocenters. The first-order valence-corrected chi connectivity index (χ1v) is 13.7. The minimum atomic E-state index is -3.19. The van der Waals surface area contributed by atoms with Crippen molar-refractivity contribution in [2.45, 2.75) is 30.6 Å². The summed E-state index contributed by atoms with van der Waals surface area (Å²) in [6.45, 7) is 7.97. The fourth-order valence-corrected chi connectivity index (χ4v) is 5.04. The van der Waals surface area contributed by atoms with Crippen molar-refractivity contribution in [3.05, 3.63) is 94.8 Å². The van der Waals surface area contributed by atoms with E-state index in [-0.39, 0.29) is 5.91 Å². The van der Waals surface area contributed by atoms with Gasteiger partial charge in [-0.25, -0.2) is 13.4 Å². The zero-order chi connectivity index (χ0) is 25.2. The van der Waals surface area contributed by atoms with Crippen LogP contribution < -0.4 is 5.32 Å². The Morgan fingerprint density at radius 3 is 2.31 bits per heavy atom. The summed E-state index contributed by atoms with van der Waals surface area (Å²) in [6, 6.07) is 16.4. The number of hydrogen-bond donors (Lipinski definition) is 1. The molecule has 1 aliphatic heterocycles. The largest absolute Gasteiger partial charge is 0.371 e. The first kappa shape index (κ1) is 24.9. The molecule has 1 fully saturated rings. The van der Waals surface area contributed by atoms with Gasteiger partial charge >= 0.3 is 0 Å². The Morgan fingerprint density at radius 1 is 1.06 bits per heavy atom. The summed E-state index contributed by atoms with van der Waals surface area (Å²) in [4.78, 5) is 19.2. The number of aryl methyl sites for hydroxylation is 1. The molecule has 2 heterocycles. The molecule has 35 heavy (non-hydrogen) atoms. The molecule has 8 heteroatoms. The predicted molar refractivity (Wildman–Crippen MR) is 141 cm³/mol. The van der Waals surface area contributed by atoms with E-state index in [9.17, 15) is 13.2 Å². The fraction of sp³-hybridized carbons (Fsp3) is 0.259. The lowest BCUT2D eigenvalue weighted by Crippen LogP contribution is -2.31. The third-order valence-electron chi connectivity index (χ3n) is 6.46. The van der Waals surface area contributed by atoms with Gasteiger partial charge in [-0.1, -0.05) is 42.4 Å². The average molecular weight is 510 g/mol. The summed E-state index contributed by atoms with van der Waals surface area (Å²) < 4.78 is 23.4. The van der Waals surface area contributed by atoms with Gasteiger partial charge < -0.3 is 10.2 Å². The van der Waals surface area contributed by atoms with Crippen LogP contribution in [0.1, 0.15) is 45.8 Å². The Morgan fingerprint density at radius 2 is 1.71 bits per heavy atom. The maximum absolute atomic E-state index is 12.6. The van der Waals surface area contributed by atoms with Gasteiger partial charge in [-0.15, -0.1) is 0 Å². The number of pyridine rings is 1. The number of aromatic nitrogens is 1. The first-order chi connectivity index (χ1) is 16.6. The molecule has 0 bridgehead atoms. The Bertz CT molecular complexity index is 1350. The van der Waals surface area contributed by atoms with Crippen LogP contribution in [0.4, 0.5) is 5.69 Å². The molecule has 1 saturated heterocycles. The Hall–Kier alpha value is -3.16. The monoisotopic (exact) mass is 509 g/mol. The third kappa shape index (κ3) is 5.92. The second kappa shape index (κ2) is 10.2. The number of likely N-dealkylation sites (tertiary alicyclic amines) is 1. The van der Waals surface area contributed by atoms with Crippen molar-refractivity contribution in [2.24, 2.45) is 0 Å². The topological polar surface area (TPSA) is 79.4 Å². The number of anilines is 1. The molecule has 0 atom stereocenters. The van der Waals surface area contributed by atoms with E-state index >= 15 is 0 Å². The van der Waals surface area contributed by atoms with E-state index < -0.39 is 9.84 Å². The summed E-state index contributed by atoms with van der Waals surface area (Å²) in [5.74, 6) is 0.135. The van der Waals surface area contributed by atoms with Crippen LogP contribution in [0.25, 0.3) is 5.70 Å². The van der Waals surface area contributed by atoms with E-state index in [1.807, 2.05) is 37.3 Å². The van der Waals surface area contributed by atoms with E-state index in [0.717, 1.165) is 48.4 Å². The number of hydrogen-bond acceptors (Lipinski definition) is 5. The van der Waals surface area contributed by atoms with Gasteiger partial charge in [0.1, 0.15) is 5.15 Å². The molecule has 4 rings (SSSR count). The standard InChI is InChI=1S/C27H28ClN3O3S/c1-18-4-5-22(16-25(18)30-27(32)23-8-11-26(28)29-17-23)19(2)31-14-12-21(13-15-31)20-6-9-24(10-7-20)35(3,33)34/h4-11,16-17,21H,2,12-15H2,1,3H3,(H,30,32). The molecule has 1 amide bonds. The number of nitrogens with zero attached hydrogens (tertiary/aromatic N) is 2. The minimum Gasteiger partial charge on any atom is -0.371 e. The van der Waals surface area contributed by atoms with Crippen LogP contribution in [0.3, 0.4) is 0 Å². The molecular weight excluding hydrogens is 482 g/mol. The van der Waals surface area contributed by atoms with Crippen LogP contribution in [0, 0.1) is 6.92 Å². The van der Waals surface area contributed by atoms with Crippen LogP contribution in [0.2, 0.25) is 5.15 Å². The van der Waals surface area contributed by atoms with E-state index in [1.165, 1.54) is 18.0 Å². The van der Waals surface area contributed by atoms with Crippen molar-refractivity contribution in [1.82, 2.24) is 9.88 Å². The van der Waals surface area contributed by atoms with E-state index in [1.54, 1.807) is 24.3 Å². The predicted octanol–water partition coefficient (Wildman–Crippen LogP) is 5.55. The number of piperidine rings is 1. The van der Waals surface area contributed by atoms with E-state index in [2.05, 4.69) is 21.8 Å². The highest BCUT2D eigenvalue weighted by Gasteiger charge is 2.23. The Kier molecular flexibility index (Phi) is 7.28. The van der Waals surface area contributed by atoms with Crippen LogP contribution in [0.15, 0.2) is 72.3 Å². The fourth-order valence-electron chi connectivity index (χ4n) is 4.29. The van der Waals surface area contributed by atoms with E-state index in [0.29, 0.717) is 21.5 Å². The van der Waals surface area contributed by atoms with Crippen molar-refractivity contribution >= 4 is 38.7 Å². The van der Waals surface area contributed by atoms with Crippen LogP contribution in [-0.2, 0) is 9.84 Å². The van der Waals surface area contributed by atoms with E-state index in [4.69, 9.17) is 11.6 Å². The first-order valence-electron chi connectivity index (χ1n) is 11.4. The molecule has 182 valence electrons. The highest BCUT2D eigenvalue weighted by atomic mass is 35.5. The average Bonchev–Trinajstić information content (AvgIpc) is 2.85. The quantitative estimate of drug-likeness (QED) is 0.441. The maximum atomic E-state index is 12.6. The molecule has 0 aliphatic carbocycles. The summed E-state index contributed by atoms with van der Waals surface area (Å²) in [7, 11) is -3.19. The molecule has 3 aromatic rings. The van der Waals surface area contributed by atoms with Gasteiger partial charge in [0.25, 0.3) is 5.91 Å². The van der Waals surface area contributed by atoms with Crippen molar-refractivity contribution in [3.63, 3.8) is 0 Å². The smallest absolute Gasteiger partial charge is 0.257 e. The number of carbonyl (C=O) groups excluding carboxylic acids is 1. The minimum absolute atomic E-state index is 0.247. The number of carbonyl (C=O) groups is 1. The molecule has 1 aromatic heterocycles. The van der Waals surface area contributed by atoms with Crippen LogP contribution >= 0.6 is 11.6 Å². The molecule has 0 saturated carbocycles. The van der Waals surface area contributed by atoms with Crippen molar-refractivity contribution < 1.29 is 13.2 Å². The van der Waals surface area contributed by atoms with Crippen molar-refractivity contribution in [2.75, 3.05) is 24.7 Å². The van der Waals surface area contributed by atoms with Gasteiger partial charge in [-0.05, 0) is 72.7 Å². The zero-order valence-corrected chi connectivity index (χ0v) is 21.4. The highest BCUT2D eigenvalue weighted by Crippen LogP contribution is 2.33. The molecule has 1 N–H and O–H groups in total. The van der Waals surface area contributed by atoms with Gasteiger partial charge in [0.2, 0.25) is 0 Å². The number of rotatable bonds is 6. The van der Waals surface area contributed by atoms with Crippen LogP contribution in [-0.4, -0.2) is 43.6 Å². The lowest BCUT2D eigenvalue weighted by atomic mass is 9.89. The number of halogens is 1. The lowest BCUT2D eigenvalue weighted by molar-refractivity contribution is 0.102. The summed E-state index contributed by atoms with van der Waals surface area (Å²) in [6.07, 6.45) is 4.59. The number of amides is 1. The molecule has 0 spiro atoms. The Balaban J connectivity index is 1.41. The van der Waals surface area contributed by atoms with Gasteiger partial charge in [-0.3, -0.25) is 4.79 Å². The summed E-state index contributed by atoms with van der Waals surface area (Å²) in [5, 5.41) is 3.30. The van der Waals surface area contributed by atoms with Gasteiger partial charge in [-0.2, -0.15) is 0 Å². The normalized spacial score (nSPS) is 14.5. The second-order valence-electron chi connectivity index (χ2n) is 8.90. The number of benzene rings is 2. The summed E-state index contributed by atoms with van der Waals surface area (Å²) >= 11 is 5.82. The molecule has 6 nitrogen and oxygen atoms in total. The maximum Gasteiger partial charge on any atom is 0.257 e. The lowest BCUT2D eigenvalue weighted by Gasteiger charge is -2.35. The van der Waals surface area contributed by atoms with Crippen LogP contribution in [0.5, 0.6) is 0 Å². The molecule has 2 aromatic carbocycles. The number of sulfone groups is 1. The molecule has 1 aliphatic rings. The van der Waals surface area contributed by atoms with Gasteiger partial charge in [0.05, 0.1) is 10.5 Å². The SMILES string of the molecule is C=C(c1ccc(C)c(NC(=O)c2ccc(Cl)nc2)c1)N1CCC(c2ccc(S(C)(=O)=O)cc2)CC1. The van der Waals surface area contributed by atoms with Crippen molar-refractivity contribution in [1.29, 1.82) is 0 Å². The van der Waals surface area contributed by atoms with Gasteiger partial charge in [0.15, 0.2) is 9.84 Å². The molecule has 0 radical (unpaired) electrons. The summed E-state index contributed by atoms with van der Waals surface area (Å²) in [5.41, 5.74) is 5.15. The highest BCUT2D eigenvalue weighted by molar-refractivity contribution is 7.90. The van der Waals surface area contributed by atoms with Gasteiger partial charge in [0, 0.05) is 36.9 Å². The second-order valence-corrected chi connectivity index (χ2v) is 11.3. The van der Waals surface area contributed by atoms with Crippen molar-refractivity contribution in [3.8, 4) is 0 Å². The number of nitrogens with one attached hydrogen (secondary N) is 1. The zero-order valence-electron chi connectivity index (χ0n) is 19.8. The third-order valence-corrected chi connectivity index (χ3v) is 7.82. The Labute approximate surface area is 211 Å². The molecular formula is C27H28ClN3O3S.